The van der Waals surface area contributed by atoms with E-state index in [1.54, 1.807) is 27.5 Å². The molecule has 118 valence electrons. The number of hydrogen-bond acceptors (Lipinski definition) is 4. The Kier molecular flexibility index (Phi) is 4.26. The summed E-state index contributed by atoms with van der Waals surface area (Å²) in [5.74, 6) is 1.79. The number of hydrogen-bond donors (Lipinski definition) is 0. The molecule has 0 aliphatic carbocycles. The summed E-state index contributed by atoms with van der Waals surface area (Å²) in [6.45, 7) is 0. The van der Waals surface area contributed by atoms with E-state index >= 15 is 0 Å². The van der Waals surface area contributed by atoms with Gasteiger partial charge in [-0.1, -0.05) is 23.7 Å². The van der Waals surface area contributed by atoms with E-state index in [0.717, 1.165) is 21.9 Å². The molecule has 1 heterocycles. The molecular formula is C18H16ClNO3. The third kappa shape index (κ3) is 2.78. The lowest BCUT2D eigenvalue weighted by molar-refractivity contribution is 0.324. The lowest BCUT2D eigenvalue weighted by Gasteiger charge is -2.14. The number of fused-ring (bicyclic) bond motifs is 1. The Bertz CT molecular complexity index is 839. The summed E-state index contributed by atoms with van der Waals surface area (Å²) in [5, 5.41) is 2.43. The molecule has 0 amide bonds. The van der Waals surface area contributed by atoms with Crippen molar-refractivity contribution in [3.05, 3.63) is 47.7 Å². The van der Waals surface area contributed by atoms with E-state index in [-0.39, 0.29) is 0 Å². The molecule has 2 aromatic carbocycles. The number of nitrogens with zero attached hydrogens (tertiary/aromatic N) is 1. The van der Waals surface area contributed by atoms with Crippen LogP contribution in [0.3, 0.4) is 0 Å². The number of methoxy groups -OCH3 is 3. The Labute approximate surface area is 139 Å². The van der Waals surface area contributed by atoms with Gasteiger partial charge in [0.2, 0.25) is 5.75 Å². The predicted molar refractivity (Wildman–Crippen MR) is 91.8 cm³/mol. The molecule has 0 atom stereocenters. The van der Waals surface area contributed by atoms with Crippen LogP contribution in [0.4, 0.5) is 0 Å². The molecule has 0 saturated heterocycles. The first-order valence-electron chi connectivity index (χ1n) is 7.02. The largest absolute Gasteiger partial charge is 0.493 e. The molecule has 1 aromatic heterocycles. The van der Waals surface area contributed by atoms with Crippen molar-refractivity contribution in [3.8, 4) is 28.4 Å². The van der Waals surface area contributed by atoms with Crippen LogP contribution in [-0.4, -0.2) is 26.3 Å². The fourth-order valence-electron chi connectivity index (χ4n) is 2.56. The van der Waals surface area contributed by atoms with Crippen LogP contribution in [0.5, 0.6) is 17.2 Å². The second-order valence-corrected chi connectivity index (χ2v) is 5.31. The van der Waals surface area contributed by atoms with Crippen LogP contribution in [0.25, 0.3) is 21.9 Å². The van der Waals surface area contributed by atoms with Crippen molar-refractivity contribution < 1.29 is 14.2 Å². The van der Waals surface area contributed by atoms with Crippen LogP contribution in [0.15, 0.2) is 42.6 Å². The molecule has 0 aliphatic rings. The lowest BCUT2D eigenvalue weighted by Crippen LogP contribution is -1.95. The van der Waals surface area contributed by atoms with Gasteiger partial charge in [0.15, 0.2) is 11.5 Å². The van der Waals surface area contributed by atoms with E-state index in [2.05, 4.69) is 4.98 Å². The highest BCUT2D eigenvalue weighted by Crippen LogP contribution is 2.41. The quantitative estimate of drug-likeness (QED) is 0.657. The number of benzene rings is 2. The van der Waals surface area contributed by atoms with Gasteiger partial charge >= 0.3 is 0 Å². The highest BCUT2D eigenvalue weighted by Gasteiger charge is 2.14. The first-order chi connectivity index (χ1) is 11.2. The number of rotatable bonds is 4. The molecule has 0 unspecified atom stereocenters. The van der Waals surface area contributed by atoms with Crippen molar-refractivity contribution in [2.75, 3.05) is 21.3 Å². The van der Waals surface area contributed by atoms with E-state index in [0.29, 0.717) is 22.4 Å². The molecule has 0 bridgehead atoms. The second kappa shape index (κ2) is 6.34. The smallest absolute Gasteiger partial charge is 0.203 e. The standard InChI is InChI=1S/C18H16ClNO3/c1-21-15-9-13(10-16(22-2)17(15)23-3)12-5-4-11-6-7-20-18(19)14(11)8-12/h4-10H,1-3H3. The minimum absolute atomic E-state index is 0.483. The summed E-state index contributed by atoms with van der Waals surface area (Å²) in [4.78, 5) is 4.13. The van der Waals surface area contributed by atoms with Crippen LogP contribution in [-0.2, 0) is 0 Å². The molecule has 3 rings (SSSR count). The minimum Gasteiger partial charge on any atom is -0.493 e. The molecule has 0 N–H and O–H groups in total. The molecule has 23 heavy (non-hydrogen) atoms. The molecule has 0 saturated carbocycles. The first kappa shape index (κ1) is 15.4. The van der Waals surface area contributed by atoms with Gasteiger partial charge in [-0.3, -0.25) is 0 Å². The lowest BCUT2D eigenvalue weighted by atomic mass is 10.0. The third-order valence-corrected chi connectivity index (χ3v) is 4.02. The maximum absolute atomic E-state index is 6.20. The Morgan fingerprint density at radius 2 is 1.52 bits per heavy atom. The summed E-state index contributed by atoms with van der Waals surface area (Å²) >= 11 is 6.20. The van der Waals surface area contributed by atoms with Crippen LogP contribution < -0.4 is 14.2 Å². The summed E-state index contributed by atoms with van der Waals surface area (Å²) < 4.78 is 16.2. The van der Waals surface area contributed by atoms with Crippen molar-refractivity contribution in [1.29, 1.82) is 0 Å². The van der Waals surface area contributed by atoms with Gasteiger partial charge in [-0.15, -0.1) is 0 Å². The summed E-state index contributed by atoms with van der Waals surface area (Å²) in [7, 11) is 4.78. The molecule has 0 aliphatic heterocycles. The molecule has 3 aromatic rings. The van der Waals surface area contributed by atoms with Gasteiger partial charge < -0.3 is 14.2 Å². The van der Waals surface area contributed by atoms with Gasteiger partial charge in [0.05, 0.1) is 21.3 Å². The number of aromatic nitrogens is 1. The average Bonchev–Trinajstić information content (AvgIpc) is 2.60. The van der Waals surface area contributed by atoms with Gasteiger partial charge in [0.25, 0.3) is 0 Å². The van der Waals surface area contributed by atoms with Crippen molar-refractivity contribution in [3.63, 3.8) is 0 Å². The summed E-state index contributed by atoms with van der Waals surface area (Å²) in [6.07, 6.45) is 1.70. The Hall–Kier alpha value is -2.46. The van der Waals surface area contributed by atoms with Crippen LogP contribution in [0.2, 0.25) is 5.15 Å². The second-order valence-electron chi connectivity index (χ2n) is 4.95. The highest BCUT2D eigenvalue weighted by atomic mass is 35.5. The van der Waals surface area contributed by atoms with Crippen LogP contribution >= 0.6 is 11.6 Å². The maximum Gasteiger partial charge on any atom is 0.203 e. The molecule has 0 spiro atoms. The zero-order chi connectivity index (χ0) is 16.4. The monoisotopic (exact) mass is 329 g/mol. The number of pyridine rings is 1. The van der Waals surface area contributed by atoms with Gasteiger partial charge in [0, 0.05) is 11.6 Å². The fraction of sp³-hybridized carbons (Fsp3) is 0.167. The Balaban J connectivity index is 2.20. The van der Waals surface area contributed by atoms with Crippen molar-refractivity contribution >= 4 is 22.4 Å². The molecule has 0 radical (unpaired) electrons. The van der Waals surface area contributed by atoms with E-state index in [4.69, 9.17) is 25.8 Å². The van der Waals surface area contributed by atoms with Crippen LogP contribution in [0.1, 0.15) is 0 Å². The normalized spacial score (nSPS) is 10.6. The molecule has 5 heteroatoms. The Morgan fingerprint density at radius 3 is 2.13 bits per heavy atom. The van der Waals surface area contributed by atoms with E-state index in [9.17, 15) is 0 Å². The van der Waals surface area contributed by atoms with E-state index in [1.165, 1.54) is 0 Å². The minimum atomic E-state index is 0.483. The number of halogens is 1. The van der Waals surface area contributed by atoms with Crippen LogP contribution in [0, 0.1) is 0 Å². The predicted octanol–water partition coefficient (Wildman–Crippen LogP) is 4.58. The van der Waals surface area contributed by atoms with Gasteiger partial charge in [-0.2, -0.15) is 0 Å². The molecular weight excluding hydrogens is 314 g/mol. The Morgan fingerprint density at radius 1 is 0.826 bits per heavy atom. The molecule has 0 fully saturated rings. The highest BCUT2D eigenvalue weighted by molar-refractivity contribution is 6.34. The van der Waals surface area contributed by atoms with Crippen molar-refractivity contribution in [2.45, 2.75) is 0 Å². The molecule has 4 nitrogen and oxygen atoms in total. The van der Waals surface area contributed by atoms with Crippen molar-refractivity contribution in [1.82, 2.24) is 4.98 Å². The van der Waals surface area contributed by atoms with Gasteiger partial charge in [-0.05, 0) is 40.8 Å². The van der Waals surface area contributed by atoms with Gasteiger partial charge in [0.1, 0.15) is 5.15 Å². The number of ether oxygens (including phenoxy) is 3. The van der Waals surface area contributed by atoms with E-state index < -0.39 is 0 Å². The fourth-order valence-corrected chi connectivity index (χ4v) is 2.78. The first-order valence-corrected chi connectivity index (χ1v) is 7.40. The van der Waals surface area contributed by atoms with E-state index in [1.807, 2.05) is 36.4 Å². The van der Waals surface area contributed by atoms with Crippen molar-refractivity contribution in [2.24, 2.45) is 0 Å². The maximum atomic E-state index is 6.20. The third-order valence-electron chi connectivity index (χ3n) is 3.72. The van der Waals surface area contributed by atoms with Gasteiger partial charge in [-0.25, -0.2) is 4.98 Å². The SMILES string of the molecule is COc1cc(-c2ccc3ccnc(Cl)c3c2)cc(OC)c1OC. The summed E-state index contributed by atoms with van der Waals surface area (Å²) in [5.41, 5.74) is 1.94. The zero-order valence-corrected chi connectivity index (χ0v) is 13.8. The topological polar surface area (TPSA) is 40.6 Å². The zero-order valence-electron chi connectivity index (χ0n) is 13.1. The summed E-state index contributed by atoms with van der Waals surface area (Å²) in [6, 6.07) is 11.8. The average molecular weight is 330 g/mol.